The molecule has 0 aliphatic carbocycles. The lowest BCUT2D eigenvalue weighted by atomic mass is 9.80. The van der Waals surface area contributed by atoms with Crippen LogP contribution in [0.1, 0.15) is 27.7 Å². The van der Waals surface area contributed by atoms with Crippen LogP contribution < -0.4 is 15.8 Å². The minimum absolute atomic E-state index is 0.0843. The average molecular weight is 383 g/mol. The fourth-order valence-electron chi connectivity index (χ4n) is 2.18. The summed E-state index contributed by atoms with van der Waals surface area (Å²) in [4.78, 5) is 12.4. The Kier molecular flexibility index (Phi) is 4.95. The molecule has 1 aromatic heterocycles. The largest absolute Gasteiger partial charge is 0.500 e. The number of hydrogen-bond donors (Lipinski definition) is 0. The van der Waals surface area contributed by atoms with Crippen LogP contribution in [0.25, 0.3) is 0 Å². The molecule has 0 N–H and O–H groups in total. The lowest BCUT2D eigenvalue weighted by molar-refractivity contribution is -0.290. The van der Waals surface area contributed by atoms with Crippen LogP contribution in [0.15, 0.2) is 16.9 Å². The normalized spacial score (nSPS) is 19.7. The molecule has 2 heterocycles. The average Bonchev–Trinajstić information content (AvgIpc) is 2.67. The fraction of sp³-hybridized carbons (Fsp3) is 0.667. The molecule has 0 atom stereocenters. The quantitative estimate of drug-likeness (QED) is 0.592. The molecule has 0 amide bonds. The Balaban J connectivity index is 2.24. The molecular formula is C15H19BF5NO4. The number of alkyl halides is 5. The second kappa shape index (κ2) is 6.23. The highest BCUT2D eigenvalue weighted by molar-refractivity contribution is 6.61. The van der Waals surface area contributed by atoms with Gasteiger partial charge in [0.15, 0.2) is 12.5 Å². The van der Waals surface area contributed by atoms with E-state index in [0.717, 1.165) is 10.6 Å². The Morgan fingerprint density at radius 1 is 1.08 bits per heavy atom. The Labute approximate surface area is 147 Å². The molecule has 1 fully saturated rings. The summed E-state index contributed by atoms with van der Waals surface area (Å²) < 4.78 is 79.4. The summed E-state index contributed by atoms with van der Waals surface area (Å²) in [6.45, 7) is 5.21. The highest BCUT2D eigenvalue weighted by atomic mass is 19.4. The molecule has 0 bridgehead atoms. The molecule has 0 unspecified atom stereocenters. The van der Waals surface area contributed by atoms with Gasteiger partial charge in [-0.1, -0.05) is 6.07 Å². The zero-order chi connectivity index (χ0) is 20.1. The van der Waals surface area contributed by atoms with E-state index in [1.54, 1.807) is 27.7 Å². The first kappa shape index (κ1) is 20.7. The van der Waals surface area contributed by atoms with Crippen LogP contribution in [0.5, 0.6) is 5.88 Å². The summed E-state index contributed by atoms with van der Waals surface area (Å²) in [7, 11) is 0.197. The van der Waals surface area contributed by atoms with Crippen LogP contribution in [-0.2, 0) is 16.4 Å². The Morgan fingerprint density at radius 3 is 2.04 bits per heavy atom. The van der Waals surface area contributed by atoms with Crippen LogP contribution in [0.4, 0.5) is 22.0 Å². The number of ether oxygens (including phenoxy) is 1. The second-order valence-electron chi connectivity index (χ2n) is 7.07. The Bertz CT molecular complexity index is 729. The molecule has 1 aliphatic heterocycles. The summed E-state index contributed by atoms with van der Waals surface area (Å²) >= 11 is 0. The number of nitrogens with zero attached hydrogens (tertiary/aromatic N) is 1. The summed E-state index contributed by atoms with van der Waals surface area (Å²) in [5, 5.41) is 0. The van der Waals surface area contributed by atoms with Gasteiger partial charge in [-0.3, -0.25) is 9.36 Å². The predicted octanol–water partition coefficient (Wildman–Crippen LogP) is 2.26. The number of rotatable bonds is 4. The topological polar surface area (TPSA) is 49.7 Å². The molecule has 1 saturated heterocycles. The number of hydrogen-bond acceptors (Lipinski definition) is 4. The van der Waals surface area contributed by atoms with Gasteiger partial charge in [-0.05, 0) is 33.8 Å². The van der Waals surface area contributed by atoms with Gasteiger partial charge in [0.05, 0.1) is 11.2 Å². The molecule has 26 heavy (non-hydrogen) atoms. The van der Waals surface area contributed by atoms with Gasteiger partial charge in [-0.15, -0.1) is 0 Å². The highest BCUT2D eigenvalue weighted by Gasteiger charge is 2.58. The van der Waals surface area contributed by atoms with E-state index >= 15 is 0 Å². The van der Waals surface area contributed by atoms with Gasteiger partial charge in [-0.25, -0.2) is 0 Å². The first-order valence-corrected chi connectivity index (χ1v) is 7.72. The van der Waals surface area contributed by atoms with Crippen molar-refractivity contribution in [3.05, 3.63) is 22.5 Å². The third-order valence-corrected chi connectivity index (χ3v) is 4.61. The third-order valence-electron chi connectivity index (χ3n) is 4.61. The summed E-state index contributed by atoms with van der Waals surface area (Å²) in [6.07, 6.45) is -5.74. The lowest BCUT2D eigenvalue weighted by Gasteiger charge is -2.32. The van der Waals surface area contributed by atoms with E-state index in [2.05, 4.69) is 4.74 Å². The predicted molar refractivity (Wildman–Crippen MR) is 83.9 cm³/mol. The van der Waals surface area contributed by atoms with Crippen molar-refractivity contribution in [3.8, 4) is 5.88 Å². The number of aromatic nitrogens is 1. The summed E-state index contributed by atoms with van der Waals surface area (Å²) in [5.74, 6) is -5.47. The molecule has 5 nitrogen and oxygen atoms in total. The smallest absolute Gasteiger partial charge is 0.472 e. The van der Waals surface area contributed by atoms with E-state index < -0.39 is 48.5 Å². The third kappa shape index (κ3) is 3.59. The maximum atomic E-state index is 13.0. The van der Waals surface area contributed by atoms with Crippen molar-refractivity contribution in [2.24, 2.45) is 7.05 Å². The van der Waals surface area contributed by atoms with Crippen LogP contribution in [0.2, 0.25) is 0 Å². The van der Waals surface area contributed by atoms with E-state index in [0.29, 0.717) is 0 Å². The van der Waals surface area contributed by atoms with Gasteiger partial charge in [0.2, 0.25) is 0 Å². The zero-order valence-corrected chi connectivity index (χ0v) is 14.9. The van der Waals surface area contributed by atoms with Crippen LogP contribution in [0.3, 0.4) is 0 Å². The van der Waals surface area contributed by atoms with Crippen molar-refractivity contribution in [2.75, 3.05) is 6.61 Å². The van der Waals surface area contributed by atoms with Crippen molar-refractivity contribution < 1.29 is 36.0 Å². The van der Waals surface area contributed by atoms with Gasteiger partial charge in [-0.2, -0.15) is 22.0 Å². The van der Waals surface area contributed by atoms with Gasteiger partial charge >= 0.3 is 19.2 Å². The van der Waals surface area contributed by atoms with Crippen LogP contribution in [-0.4, -0.2) is 41.6 Å². The zero-order valence-electron chi connectivity index (χ0n) is 14.9. The standard InChI is InChI=1S/C15H19BF5NO4/c1-12(2)13(3,4)26-16(25-12)9-6-7-10(22(5)11(9)23)24-8-14(17,18)15(19,20)21/h6-7H,8H2,1-5H3. The van der Waals surface area contributed by atoms with E-state index in [1.807, 2.05) is 0 Å². The van der Waals surface area contributed by atoms with E-state index in [4.69, 9.17) is 9.31 Å². The second-order valence-corrected chi connectivity index (χ2v) is 7.07. The molecule has 0 saturated carbocycles. The van der Waals surface area contributed by atoms with Crippen molar-refractivity contribution in [2.45, 2.75) is 51.0 Å². The van der Waals surface area contributed by atoms with E-state index in [-0.39, 0.29) is 5.46 Å². The minimum atomic E-state index is -5.74. The molecule has 1 aliphatic rings. The number of pyridine rings is 1. The molecule has 0 aromatic carbocycles. The van der Waals surface area contributed by atoms with E-state index in [1.165, 1.54) is 13.1 Å². The first-order valence-electron chi connectivity index (χ1n) is 7.72. The van der Waals surface area contributed by atoms with Gasteiger partial charge in [0.1, 0.15) is 0 Å². The molecule has 146 valence electrons. The first-order chi connectivity index (χ1) is 11.6. The van der Waals surface area contributed by atoms with Crippen LogP contribution >= 0.6 is 0 Å². The Hall–Kier alpha value is -1.62. The van der Waals surface area contributed by atoms with Crippen molar-refractivity contribution >= 4 is 12.6 Å². The minimum Gasteiger partial charge on any atom is -0.472 e. The van der Waals surface area contributed by atoms with Crippen molar-refractivity contribution in [1.82, 2.24) is 4.57 Å². The fourth-order valence-corrected chi connectivity index (χ4v) is 2.18. The van der Waals surface area contributed by atoms with Crippen LogP contribution in [0, 0.1) is 0 Å². The van der Waals surface area contributed by atoms with E-state index in [9.17, 15) is 26.7 Å². The molecule has 11 heteroatoms. The molecule has 1 aromatic rings. The molecule has 0 spiro atoms. The summed E-state index contributed by atoms with van der Waals surface area (Å²) in [6, 6.07) is 2.35. The number of halogens is 5. The maximum absolute atomic E-state index is 13.0. The monoisotopic (exact) mass is 383 g/mol. The molecule has 2 rings (SSSR count). The molecule has 0 radical (unpaired) electrons. The maximum Gasteiger partial charge on any atom is 0.500 e. The lowest BCUT2D eigenvalue weighted by Crippen LogP contribution is -2.47. The SMILES string of the molecule is Cn1c(OCC(F)(F)C(F)(F)F)ccc(B2OC(C)(C)C(C)(C)O2)c1=O. The van der Waals surface area contributed by atoms with Crippen molar-refractivity contribution in [1.29, 1.82) is 0 Å². The highest BCUT2D eigenvalue weighted by Crippen LogP contribution is 2.37. The van der Waals surface area contributed by atoms with Gasteiger partial charge in [0.25, 0.3) is 5.56 Å². The molecular weight excluding hydrogens is 364 g/mol. The van der Waals surface area contributed by atoms with Gasteiger partial charge in [0, 0.05) is 12.5 Å². The van der Waals surface area contributed by atoms with Crippen molar-refractivity contribution in [3.63, 3.8) is 0 Å². The Morgan fingerprint density at radius 2 is 1.58 bits per heavy atom. The summed E-state index contributed by atoms with van der Waals surface area (Å²) in [5.41, 5.74) is -2.00. The van der Waals surface area contributed by atoms with Gasteiger partial charge < -0.3 is 14.0 Å².